The first-order valence-corrected chi connectivity index (χ1v) is 10.2. The van der Waals surface area contributed by atoms with Crippen LogP contribution in [0.3, 0.4) is 0 Å². The van der Waals surface area contributed by atoms with E-state index in [1.54, 1.807) is 14.2 Å². The molecule has 0 radical (unpaired) electrons. The van der Waals surface area contributed by atoms with Crippen molar-refractivity contribution in [3.63, 3.8) is 0 Å². The van der Waals surface area contributed by atoms with Crippen molar-refractivity contribution >= 4 is 16.9 Å². The highest BCUT2D eigenvalue weighted by atomic mass is 16.5. The average molecular weight is 410 g/mol. The standard InChI is InChI=1S/C23H26N2O5/c1-12-16-10-25-6-5-13-15-8-20(27-2)21(28-3)9-18(15)24-22(13)19(25)7-14(16)17(11-30-12)23(26)29-4/h8-9,11,14,16,19,24H,1,5-7,10H2,2-4H3/t14-,16-,19+/m0/s1. The van der Waals surface area contributed by atoms with Gasteiger partial charge in [-0.3, -0.25) is 4.90 Å². The van der Waals surface area contributed by atoms with Crippen LogP contribution in [0.25, 0.3) is 10.9 Å². The van der Waals surface area contributed by atoms with E-state index in [4.69, 9.17) is 18.9 Å². The van der Waals surface area contributed by atoms with Crippen molar-refractivity contribution in [2.24, 2.45) is 11.8 Å². The highest BCUT2D eigenvalue weighted by Crippen LogP contribution is 2.49. The molecular formula is C23H26N2O5. The van der Waals surface area contributed by atoms with Crippen LogP contribution in [0.2, 0.25) is 0 Å². The van der Waals surface area contributed by atoms with Gasteiger partial charge in [0.2, 0.25) is 0 Å². The molecule has 3 aliphatic heterocycles. The second-order valence-electron chi connectivity index (χ2n) is 8.13. The second-order valence-corrected chi connectivity index (χ2v) is 8.13. The van der Waals surface area contributed by atoms with Gasteiger partial charge < -0.3 is 23.9 Å². The van der Waals surface area contributed by atoms with E-state index in [1.807, 2.05) is 6.07 Å². The van der Waals surface area contributed by atoms with E-state index in [1.165, 1.54) is 30.0 Å². The lowest BCUT2D eigenvalue weighted by Crippen LogP contribution is -2.48. The van der Waals surface area contributed by atoms with Gasteiger partial charge in [0.1, 0.15) is 12.0 Å². The SMILES string of the molecule is C=C1OC=C(C(=O)OC)[C@H]2C[C@@H]3c4[nH]c5cc(OC)c(OC)cc5c4CCN3C[C@@H]12. The molecule has 0 amide bonds. The van der Waals surface area contributed by atoms with Gasteiger partial charge in [-0.05, 0) is 24.5 Å². The van der Waals surface area contributed by atoms with Crippen molar-refractivity contribution < 1.29 is 23.7 Å². The fourth-order valence-electron chi connectivity index (χ4n) is 5.32. The summed E-state index contributed by atoms with van der Waals surface area (Å²) in [7, 11) is 4.71. The largest absolute Gasteiger partial charge is 0.493 e. The molecule has 2 aromatic rings. The maximum Gasteiger partial charge on any atom is 0.337 e. The van der Waals surface area contributed by atoms with Gasteiger partial charge in [0.15, 0.2) is 11.5 Å². The molecule has 1 aromatic carbocycles. The van der Waals surface area contributed by atoms with E-state index in [0.29, 0.717) is 11.3 Å². The lowest BCUT2D eigenvalue weighted by atomic mass is 9.73. The quantitative estimate of drug-likeness (QED) is 0.783. The van der Waals surface area contributed by atoms with Crippen LogP contribution in [-0.4, -0.2) is 50.3 Å². The van der Waals surface area contributed by atoms with Crippen molar-refractivity contribution in [1.82, 2.24) is 9.88 Å². The number of H-pyrrole nitrogens is 1. The number of methoxy groups -OCH3 is 3. The number of benzene rings is 1. The number of aromatic amines is 1. The van der Waals surface area contributed by atoms with Crippen LogP contribution in [-0.2, 0) is 20.7 Å². The van der Waals surface area contributed by atoms with E-state index in [9.17, 15) is 4.79 Å². The smallest absolute Gasteiger partial charge is 0.337 e. The first kappa shape index (κ1) is 19.1. The fraction of sp³-hybridized carbons (Fsp3) is 0.435. The zero-order valence-corrected chi connectivity index (χ0v) is 17.5. The number of hydrogen-bond acceptors (Lipinski definition) is 6. The summed E-state index contributed by atoms with van der Waals surface area (Å²) in [4.78, 5) is 18.5. The number of aromatic nitrogens is 1. The van der Waals surface area contributed by atoms with Gasteiger partial charge in [-0.1, -0.05) is 6.58 Å². The number of nitrogens with one attached hydrogen (secondary N) is 1. The summed E-state index contributed by atoms with van der Waals surface area (Å²) in [5.74, 6) is 1.96. The van der Waals surface area contributed by atoms with E-state index in [2.05, 4.69) is 22.5 Å². The number of hydrogen-bond donors (Lipinski definition) is 1. The number of piperidine rings is 1. The molecular weight excluding hydrogens is 384 g/mol. The molecule has 7 nitrogen and oxygen atoms in total. The minimum atomic E-state index is -0.326. The molecule has 0 saturated carbocycles. The Morgan fingerprint density at radius 1 is 1.20 bits per heavy atom. The molecule has 158 valence electrons. The molecule has 3 atom stereocenters. The Bertz CT molecular complexity index is 1070. The Labute approximate surface area is 175 Å². The van der Waals surface area contributed by atoms with Gasteiger partial charge in [0.05, 0.1) is 32.9 Å². The van der Waals surface area contributed by atoms with Crippen LogP contribution >= 0.6 is 0 Å². The molecule has 1 fully saturated rings. The van der Waals surface area contributed by atoms with Crippen LogP contribution in [0.1, 0.15) is 23.7 Å². The minimum absolute atomic E-state index is 0.0291. The van der Waals surface area contributed by atoms with Gasteiger partial charge in [-0.15, -0.1) is 0 Å². The van der Waals surface area contributed by atoms with E-state index in [0.717, 1.165) is 43.0 Å². The topological polar surface area (TPSA) is 73.0 Å². The third kappa shape index (κ3) is 2.72. The van der Waals surface area contributed by atoms with Crippen LogP contribution in [0, 0.1) is 11.8 Å². The maximum absolute atomic E-state index is 12.4. The Balaban J connectivity index is 1.57. The summed E-state index contributed by atoms with van der Waals surface area (Å²) in [6, 6.07) is 4.25. The number of fused-ring (bicyclic) bond motifs is 6. The van der Waals surface area contributed by atoms with Crippen molar-refractivity contribution in [2.45, 2.75) is 18.9 Å². The molecule has 0 unspecified atom stereocenters. The van der Waals surface area contributed by atoms with Gasteiger partial charge in [-0.2, -0.15) is 0 Å². The van der Waals surface area contributed by atoms with Crippen LogP contribution in [0.4, 0.5) is 0 Å². The molecule has 0 spiro atoms. The van der Waals surface area contributed by atoms with Gasteiger partial charge in [0, 0.05) is 47.6 Å². The van der Waals surface area contributed by atoms with Gasteiger partial charge in [0.25, 0.3) is 0 Å². The number of carbonyl (C=O) groups is 1. The van der Waals surface area contributed by atoms with Crippen LogP contribution in [0.15, 0.2) is 36.3 Å². The first-order chi connectivity index (χ1) is 14.5. The third-order valence-electron chi connectivity index (χ3n) is 6.83. The van der Waals surface area contributed by atoms with Gasteiger partial charge >= 0.3 is 5.97 Å². The highest BCUT2D eigenvalue weighted by molar-refractivity contribution is 5.90. The molecule has 0 aliphatic carbocycles. The zero-order valence-electron chi connectivity index (χ0n) is 17.5. The summed E-state index contributed by atoms with van der Waals surface area (Å²) in [5, 5.41) is 1.17. The maximum atomic E-state index is 12.4. The van der Waals surface area contributed by atoms with Crippen LogP contribution < -0.4 is 9.47 Å². The number of rotatable bonds is 3. The number of ether oxygens (including phenoxy) is 4. The van der Waals surface area contributed by atoms with Crippen molar-refractivity contribution in [2.75, 3.05) is 34.4 Å². The average Bonchev–Trinajstić information content (AvgIpc) is 3.14. The molecule has 1 saturated heterocycles. The number of carbonyl (C=O) groups excluding carboxylic acids is 1. The molecule has 5 rings (SSSR count). The Morgan fingerprint density at radius 2 is 1.97 bits per heavy atom. The highest BCUT2D eigenvalue weighted by Gasteiger charge is 2.46. The van der Waals surface area contributed by atoms with E-state index in [-0.39, 0.29) is 23.8 Å². The van der Waals surface area contributed by atoms with Gasteiger partial charge in [-0.25, -0.2) is 4.79 Å². The minimum Gasteiger partial charge on any atom is -0.493 e. The number of nitrogens with zero attached hydrogens (tertiary/aromatic N) is 1. The monoisotopic (exact) mass is 410 g/mol. The second kappa shape index (κ2) is 7.09. The lowest BCUT2D eigenvalue weighted by Gasteiger charge is -2.47. The van der Waals surface area contributed by atoms with E-state index >= 15 is 0 Å². The summed E-state index contributed by atoms with van der Waals surface area (Å²) < 4.78 is 21.6. The third-order valence-corrected chi connectivity index (χ3v) is 6.83. The van der Waals surface area contributed by atoms with Crippen LogP contribution in [0.5, 0.6) is 11.5 Å². The van der Waals surface area contributed by atoms with E-state index < -0.39 is 0 Å². The summed E-state index contributed by atoms with van der Waals surface area (Å²) in [6.07, 6.45) is 3.28. The predicted molar refractivity (Wildman–Crippen MR) is 111 cm³/mol. The zero-order chi connectivity index (χ0) is 21.0. The normalized spacial score (nSPS) is 25.5. The van der Waals surface area contributed by atoms with Crippen molar-refractivity contribution in [1.29, 1.82) is 0 Å². The molecule has 4 heterocycles. The Morgan fingerprint density at radius 3 is 2.70 bits per heavy atom. The molecule has 1 aromatic heterocycles. The summed E-state index contributed by atoms with van der Waals surface area (Å²) in [6.45, 7) is 5.85. The first-order valence-electron chi connectivity index (χ1n) is 10.2. The number of esters is 1. The predicted octanol–water partition coefficient (Wildman–Crippen LogP) is 3.32. The molecule has 1 N–H and O–H groups in total. The molecule has 30 heavy (non-hydrogen) atoms. The Hall–Kier alpha value is -2.93. The van der Waals surface area contributed by atoms with Crippen molar-refractivity contribution in [3.8, 4) is 11.5 Å². The van der Waals surface area contributed by atoms with Crippen molar-refractivity contribution in [3.05, 3.63) is 47.6 Å². The Kier molecular flexibility index (Phi) is 4.50. The molecule has 0 bridgehead atoms. The lowest BCUT2D eigenvalue weighted by molar-refractivity contribution is -0.138. The summed E-state index contributed by atoms with van der Waals surface area (Å²) >= 11 is 0. The fourth-order valence-corrected chi connectivity index (χ4v) is 5.32. The summed E-state index contributed by atoms with van der Waals surface area (Å²) in [5.41, 5.74) is 4.18. The molecule has 3 aliphatic rings. The molecule has 7 heteroatoms.